The van der Waals surface area contributed by atoms with E-state index < -0.39 is 0 Å². The molecule has 3 aromatic rings. The summed E-state index contributed by atoms with van der Waals surface area (Å²) in [5.74, 6) is 0.963. The number of rotatable bonds is 3. The maximum absolute atomic E-state index is 12.3. The van der Waals surface area contributed by atoms with Crippen molar-refractivity contribution >= 4 is 11.7 Å². The highest BCUT2D eigenvalue weighted by Crippen LogP contribution is 2.27. The number of carbonyl (C=O) groups is 1. The number of nitrogens with one attached hydrogen (secondary N) is 1. The molecule has 0 bridgehead atoms. The predicted molar refractivity (Wildman–Crippen MR) is 94.6 cm³/mol. The minimum Gasteiger partial charge on any atom is -0.338 e. The Morgan fingerprint density at radius 3 is 2.81 bits per heavy atom. The highest BCUT2D eigenvalue weighted by atomic mass is 16.5. The molecule has 1 aromatic carbocycles. The number of amides is 2. The van der Waals surface area contributed by atoms with Crippen LogP contribution in [0.4, 0.5) is 10.5 Å². The van der Waals surface area contributed by atoms with Crippen LogP contribution in [0, 0.1) is 13.8 Å². The summed E-state index contributed by atoms with van der Waals surface area (Å²) in [5.41, 5.74) is 3.70. The summed E-state index contributed by atoms with van der Waals surface area (Å²) in [5, 5.41) is 6.85. The van der Waals surface area contributed by atoms with Gasteiger partial charge in [-0.3, -0.25) is 4.98 Å². The first-order valence-electron chi connectivity index (χ1n) is 8.33. The van der Waals surface area contributed by atoms with Crippen molar-refractivity contribution in [2.24, 2.45) is 0 Å². The van der Waals surface area contributed by atoms with Crippen LogP contribution in [0.1, 0.15) is 22.9 Å². The topological polar surface area (TPSA) is 97.0 Å². The molecule has 1 fully saturated rings. The van der Waals surface area contributed by atoms with Crippen LogP contribution >= 0.6 is 0 Å². The molecule has 2 amide bonds. The predicted octanol–water partition coefficient (Wildman–Crippen LogP) is 2.77. The zero-order valence-electron chi connectivity index (χ0n) is 14.5. The van der Waals surface area contributed by atoms with Gasteiger partial charge < -0.3 is 14.7 Å². The van der Waals surface area contributed by atoms with E-state index in [0.29, 0.717) is 30.5 Å². The number of benzene rings is 1. The van der Waals surface area contributed by atoms with Crippen molar-refractivity contribution in [1.29, 1.82) is 0 Å². The SMILES string of the molecule is Cc1ccc(NC(=O)N2CC(c3nc(-c4cnccn4)no3)C2)cc1C. The molecular weight excluding hydrogens is 332 g/mol. The molecule has 0 atom stereocenters. The van der Waals surface area contributed by atoms with Crippen LogP contribution in [0.2, 0.25) is 0 Å². The highest BCUT2D eigenvalue weighted by molar-refractivity contribution is 5.90. The van der Waals surface area contributed by atoms with Gasteiger partial charge >= 0.3 is 6.03 Å². The first kappa shape index (κ1) is 16.2. The number of hydrogen-bond donors (Lipinski definition) is 1. The van der Waals surface area contributed by atoms with Crippen LogP contribution in [0.15, 0.2) is 41.3 Å². The number of carbonyl (C=O) groups excluding carboxylic acids is 1. The van der Waals surface area contributed by atoms with E-state index in [-0.39, 0.29) is 11.9 Å². The highest BCUT2D eigenvalue weighted by Gasteiger charge is 2.35. The van der Waals surface area contributed by atoms with Gasteiger partial charge in [0, 0.05) is 31.2 Å². The van der Waals surface area contributed by atoms with Gasteiger partial charge in [0.25, 0.3) is 0 Å². The summed E-state index contributed by atoms with van der Waals surface area (Å²) in [6.45, 7) is 5.15. The molecule has 2 aromatic heterocycles. The second-order valence-corrected chi connectivity index (χ2v) is 6.38. The first-order valence-corrected chi connectivity index (χ1v) is 8.33. The second-order valence-electron chi connectivity index (χ2n) is 6.38. The Morgan fingerprint density at radius 1 is 1.23 bits per heavy atom. The number of nitrogens with zero attached hydrogens (tertiary/aromatic N) is 5. The average Bonchev–Trinajstić information content (AvgIpc) is 3.07. The number of hydrogen-bond acceptors (Lipinski definition) is 6. The third-order valence-electron chi connectivity index (χ3n) is 4.51. The fourth-order valence-corrected chi connectivity index (χ4v) is 2.74. The number of aromatic nitrogens is 4. The lowest BCUT2D eigenvalue weighted by Crippen LogP contribution is -2.50. The number of likely N-dealkylation sites (tertiary alicyclic amines) is 1. The Morgan fingerprint density at radius 2 is 2.08 bits per heavy atom. The van der Waals surface area contributed by atoms with Crippen LogP contribution in [-0.2, 0) is 0 Å². The molecule has 0 aliphatic carbocycles. The summed E-state index contributed by atoms with van der Waals surface area (Å²) < 4.78 is 5.31. The first-order chi connectivity index (χ1) is 12.6. The smallest absolute Gasteiger partial charge is 0.321 e. The van der Waals surface area contributed by atoms with Crippen molar-refractivity contribution in [2.45, 2.75) is 19.8 Å². The minimum absolute atomic E-state index is 0.0402. The molecular formula is C18H18N6O2. The third kappa shape index (κ3) is 3.13. The summed E-state index contributed by atoms with van der Waals surface area (Å²) >= 11 is 0. The van der Waals surface area contributed by atoms with Crippen molar-refractivity contribution in [1.82, 2.24) is 25.0 Å². The van der Waals surface area contributed by atoms with E-state index in [9.17, 15) is 4.79 Å². The molecule has 132 valence electrons. The Labute approximate surface area is 150 Å². The fourth-order valence-electron chi connectivity index (χ4n) is 2.74. The Balaban J connectivity index is 1.36. The zero-order valence-corrected chi connectivity index (χ0v) is 14.5. The molecule has 4 rings (SSSR count). The van der Waals surface area contributed by atoms with Crippen LogP contribution in [0.25, 0.3) is 11.5 Å². The maximum Gasteiger partial charge on any atom is 0.321 e. The minimum atomic E-state index is -0.127. The van der Waals surface area contributed by atoms with E-state index in [1.807, 2.05) is 32.0 Å². The molecule has 8 nitrogen and oxygen atoms in total. The normalized spacial score (nSPS) is 14.2. The van der Waals surface area contributed by atoms with E-state index in [4.69, 9.17) is 4.52 Å². The van der Waals surface area contributed by atoms with Crippen molar-refractivity contribution in [3.05, 3.63) is 53.8 Å². The van der Waals surface area contributed by atoms with Crippen molar-refractivity contribution in [3.8, 4) is 11.5 Å². The molecule has 3 heterocycles. The monoisotopic (exact) mass is 350 g/mol. The Hall–Kier alpha value is -3.29. The lowest BCUT2D eigenvalue weighted by molar-refractivity contribution is 0.147. The van der Waals surface area contributed by atoms with E-state index >= 15 is 0 Å². The largest absolute Gasteiger partial charge is 0.338 e. The molecule has 0 unspecified atom stereocenters. The van der Waals surface area contributed by atoms with Gasteiger partial charge in [-0.1, -0.05) is 11.2 Å². The number of urea groups is 1. The molecule has 1 saturated heterocycles. The van der Waals surface area contributed by atoms with Crippen LogP contribution in [-0.4, -0.2) is 44.1 Å². The summed E-state index contributed by atoms with van der Waals surface area (Å²) in [4.78, 5) is 26.5. The molecule has 1 N–H and O–H groups in total. The fraction of sp³-hybridized carbons (Fsp3) is 0.278. The van der Waals surface area contributed by atoms with Gasteiger partial charge in [0.2, 0.25) is 11.7 Å². The molecule has 1 aliphatic heterocycles. The van der Waals surface area contributed by atoms with Crippen molar-refractivity contribution < 1.29 is 9.32 Å². The van der Waals surface area contributed by atoms with Gasteiger partial charge in [-0.05, 0) is 37.1 Å². The standard InChI is InChI=1S/C18H18N6O2/c1-11-3-4-14(7-12(11)2)21-18(25)24-9-13(10-24)17-22-16(23-26-17)15-8-19-5-6-20-15/h3-8,13H,9-10H2,1-2H3,(H,21,25). The quantitative estimate of drug-likeness (QED) is 0.780. The van der Waals surface area contributed by atoms with Crippen molar-refractivity contribution in [3.63, 3.8) is 0 Å². The average molecular weight is 350 g/mol. The van der Waals surface area contributed by atoms with Gasteiger partial charge in [0.15, 0.2) is 0 Å². The zero-order chi connectivity index (χ0) is 18.1. The van der Waals surface area contributed by atoms with Crippen LogP contribution in [0.3, 0.4) is 0 Å². The number of anilines is 1. The van der Waals surface area contributed by atoms with Crippen LogP contribution < -0.4 is 5.32 Å². The summed E-state index contributed by atoms with van der Waals surface area (Å²) in [6, 6.07) is 5.74. The van der Waals surface area contributed by atoms with E-state index in [2.05, 4.69) is 25.4 Å². The van der Waals surface area contributed by atoms with Gasteiger partial charge in [-0.25, -0.2) is 9.78 Å². The van der Waals surface area contributed by atoms with E-state index in [0.717, 1.165) is 11.3 Å². The van der Waals surface area contributed by atoms with E-state index in [1.54, 1.807) is 23.5 Å². The summed E-state index contributed by atoms with van der Waals surface area (Å²) in [7, 11) is 0. The second kappa shape index (κ2) is 6.55. The molecule has 1 aliphatic rings. The van der Waals surface area contributed by atoms with Gasteiger partial charge in [0.1, 0.15) is 5.69 Å². The molecule has 26 heavy (non-hydrogen) atoms. The molecule has 0 saturated carbocycles. The number of aryl methyl sites for hydroxylation is 2. The third-order valence-corrected chi connectivity index (χ3v) is 4.51. The lowest BCUT2D eigenvalue weighted by atomic mass is 10.0. The Kier molecular flexibility index (Phi) is 4.08. The van der Waals surface area contributed by atoms with Gasteiger partial charge in [-0.2, -0.15) is 4.98 Å². The van der Waals surface area contributed by atoms with Gasteiger partial charge in [0.05, 0.1) is 12.1 Å². The van der Waals surface area contributed by atoms with Gasteiger partial charge in [-0.15, -0.1) is 0 Å². The van der Waals surface area contributed by atoms with Crippen molar-refractivity contribution in [2.75, 3.05) is 18.4 Å². The molecule has 0 spiro atoms. The molecule has 8 heteroatoms. The van der Waals surface area contributed by atoms with Crippen LogP contribution in [0.5, 0.6) is 0 Å². The lowest BCUT2D eigenvalue weighted by Gasteiger charge is -2.36. The summed E-state index contributed by atoms with van der Waals surface area (Å²) in [6.07, 6.45) is 4.74. The Bertz CT molecular complexity index is 934. The van der Waals surface area contributed by atoms with E-state index in [1.165, 1.54) is 5.56 Å². The molecule has 0 radical (unpaired) electrons. The maximum atomic E-state index is 12.3.